The molecule has 84 valence electrons. The van der Waals surface area contributed by atoms with E-state index in [1.54, 1.807) is 4.90 Å². The van der Waals surface area contributed by atoms with Crippen LogP contribution in [-0.2, 0) is 4.74 Å². The van der Waals surface area contributed by atoms with E-state index in [1.807, 2.05) is 27.7 Å². The van der Waals surface area contributed by atoms with Crippen molar-refractivity contribution in [2.24, 2.45) is 0 Å². The molecule has 1 fully saturated rings. The molecule has 0 saturated carbocycles. The lowest BCUT2D eigenvalue weighted by Crippen LogP contribution is -2.42. The van der Waals surface area contributed by atoms with Crippen molar-refractivity contribution in [3.05, 3.63) is 0 Å². The zero-order chi connectivity index (χ0) is 11.6. The zero-order valence-corrected chi connectivity index (χ0v) is 9.91. The normalized spacial score (nSPS) is 26.2. The van der Waals surface area contributed by atoms with Crippen LogP contribution < -0.4 is 0 Å². The lowest BCUT2D eigenvalue weighted by molar-refractivity contribution is 0.0200. The summed E-state index contributed by atoms with van der Waals surface area (Å²) >= 11 is 0. The summed E-state index contributed by atoms with van der Waals surface area (Å²) < 4.78 is 5.32. The molecule has 0 radical (unpaired) electrons. The standard InChI is InChI=1S/C12H19NO2/c1-6-10-8-7-9(2)13(10)11(14)15-12(3,4)5/h1,9-10H,7-8H2,2-5H3. The molecule has 1 aliphatic rings. The van der Waals surface area contributed by atoms with Crippen LogP contribution in [0, 0.1) is 12.3 Å². The number of ether oxygens (including phenoxy) is 1. The molecule has 0 bridgehead atoms. The van der Waals surface area contributed by atoms with Crippen molar-refractivity contribution in [1.29, 1.82) is 0 Å². The van der Waals surface area contributed by atoms with E-state index in [2.05, 4.69) is 5.92 Å². The first-order chi connectivity index (χ1) is 6.85. The number of hydrogen-bond acceptors (Lipinski definition) is 2. The first kappa shape index (κ1) is 11.9. The molecule has 1 rings (SSSR count). The molecule has 0 N–H and O–H groups in total. The second-order valence-corrected chi connectivity index (χ2v) is 5.00. The molecule has 0 aromatic rings. The highest BCUT2D eigenvalue weighted by Gasteiger charge is 2.35. The Balaban J connectivity index is 2.70. The molecular weight excluding hydrogens is 190 g/mol. The second-order valence-electron chi connectivity index (χ2n) is 5.00. The summed E-state index contributed by atoms with van der Waals surface area (Å²) in [6.45, 7) is 7.57. The van der Waals surface area contributed by atoms with E-state index < -0.39 is 5.60 Å². The Bertz CT molecular complexity index is 285. The third-order valence-electron chi connectivity index (χ3n) is 2.47. The van der Waals surface area contributed by atoms with E-state index in [1.165, 1.54) is 0 Å². The number of amides is 1. The number of hydrogen-bond donors (Lipinski definition) is 0. The second kappa shape index (κ2) is 4.14. The Hall–Kier alpha value is -1.17. The first-order valence-corrected chi connectivity index (χ1v) is 5.32. The number of rotatable bonds is 0. The molecule has 0 spiro atoms. The van der Waals surface area contributed by atoms with Crippen LogP contribution in [-0.4, -0.2) is 28.7 Å². The first-order valence-electron chi connectivity index (χ1n) is 5.32. The maximum absolute atomic E-state index is 11.8. The Morgan fingerprint density at radius 3 is 2.53 bits per heavy atom. The van der Waals surface area contributed by atoms with Gasteiger partial charge >= 0.3 is 6.09 Å². The number of likely N-dealkylation sites (tertiary alicyclic amines) is 1. The fourth-order valence-corrected chi connectivity index (χ4v) is 1.77. The molecule has 3 nitrogen and oxygen atoms in total. The molecule has 0 aromatic heterocycles. The van der Waals surface area contributed by atoms with Crippen LogP contribution in [0.2, 0.25) is 0 Å². The van der Waals surface area contributed by atoms with Crippen molar-refractivity contribution < 1.29 is 9.53 Å². The van der Waals surface area contributed by atoms with Gasteiger partial charge in [-0.25, -0.2) is 4.79 Å². The van der Waals surface area contributed by atoms with Gasteiger partial charge in [-0.1, -0.05) is 5.92 Å². The summed E-state index contributed by atoms with van der Waals surface area (Å²) in [5.41, 5.74) is -0.460. The third kappa shape index (κ3) is 2.89. The van der Waals surface area contributed by atoms with Crippen LogP contribution in [0.5, 0.6) is 0 Å². The van der Waals surface area contributed by atoms with E-state index in [-0.39, 0.29) is 18.2 Å². The van der Waals surface area contributed by atoms with Crippen molar-refractivity contribution in [2.75, 3.05) is 0 Å². The van der Waals surface area contributed by atoms with Crippen LogP contribution >= 0.6 is 0 Å². The van der Waals surface area contributed by atoms with Gasteiger partial charge in [0.2, 0.25) is 0 Å². The summed E-state index contributed by atoms with van der Waals surface area (Å²) in [6, 6.07) is 0.0794. The van der Waals surface area contributed by atoms with Gasteiger partial charge in [-0.2, -0.15) is 0 Å². The lowest BCUT2D eigenvalue weighted by Gasteiger charge is -2.29. The predicted octanol–water partition coefficient (Wildman–Crippen LogP) is 2.41. The van der Waals surface area contributed by atoms with Crippen molar-refractivity contribution in [3.8, 4) is 12.3 Å². The molecule has 2 atom stereocenters. The van der Waals surface area contributed by atoms with Gasteiger partial charge in [0.15, 0.2) is 0 Å². The van der Waals surface area contributed by atoms with Gasteiger partial charge < -0.3 is 4.74 Å². The van der Waals surface area contributed by atoms with Crippen molar-refractivity contribution in [3.63, 3.8) is 0 Å². The summed E-state index contributed by atoms with van der Waals surface area (Å²) in [5.74, 6) is 2.64. The Morgan fingerprint density at radius 2 is 2.07 bits per heavy atom. The third-order valence-corrected chi connectivity index (χ3v) is 2.47. The van der Waals surface area contributed by atoms with Crippen molar-refractivity contribution >= 4 is 6.09 Å². The van der Waals surface area contributed by atoms with Crippen LogP contribution in [0.3, 0.4) is 0 Å². The molecule has 1 saturated heterocycles. The van der Waals surface area contributed by atoms with Crippen LogP contribution in [0.15, 0.2) is 0 Å². The number of carbonyl (C=O) groups is 1. The molecule has 1 amide bonds. The fourth-order valence-electron chi connectivity index (χ4n) is 1.77. The van der Waals surface area contributed by atoms with E-state index in [0.29, 0.717) is 0 Å². The predicted molar refractivity (Wildman–Crippen MR) is 59.4 cm³/mol. The molecule has 2 unspecified atom stereocenters. The van der Waals surface area contributed by atoms with E-state index in [9.17, 15) is 4.79 Å². The minimum atomic E-state index is -0.460. The van der Waals surface area contributed by atoms with Gasteiger partial charge in [-0.05, 0) is 40.5 Å². The topological polar surface area (TPSA) is 29.5 Å². The Morgan fingerprint density at radius 1 is 1.47 bits per heavy atom. The summed E-state index contributed by atoms with van der Waals surface area (Å²) in [7, 11) is 0. The number of terminal acetylenes is 1. The van der Waals surface area contributed by atoms with Gasteiger partial charge in [0.25, 0.3) is 0 Å². The minimum absolute atomic E-state index is 0.102. The largest absolute Gasteiger partial charge is 0.444 e. The average Bonchev–Trinajstić information content (AvgIpc) is 2.43. The Labute approximate surface area is 91.8 Å². The summed E-state index contributed by atoms with van der Waals surface area (Å²) in [6.07, 6.45) is 6.92. The Kier molecular flexibility index (Phi) is 3.28. The van der Waals surface area contributed by atoms with E-state index in [4.69, 9.17) is 11.2 Å². The monoisotopic (exact) mass is 209 g/mol. The SMILES string of the molecule is C#CC1CCC(C)N1C(=O)OC(C)(C)C. The number of carbonyl (C=O) groups excluding carboxylic acids is 1. The molecular formula is C12H19NO2. The molecule has 0 aliphatic carbocycles. The van der Waals surface area contributed by atoms with Gasteiger partial charge in [-0.3, -0.25) is 4.90 Å². The maximum Gasteiger partial charge on any atom is 0.411 e. The van der Waals surface area contributed by atoms with Crippen molar-refractivity contribution in [2.45, 2.75) is 58.2 Å². The molecule has 1 heterocycles. The highest BCUT2D eigenvalue weighted by atomic mass is 16.6. The summed E-state index contributed by atoms with van der Waals surface area (Å²) in [4.78, 5) is 13.5. The fraction of sp³-hybridized carbons (Fsp3) is 0.750. The number of nitrogens with zero attached hydrogens (tertiary/aromatic N) is 1. The maximum atomic E-state index is 11.8. The van der Waals surface area contributed by atoms with Gasteiger partial charge in [0, 0.05) is 6.04 Å². The van der Waals surface area contributed by atoms with Gasteiger partial charge in [-0.15, -0.1) is 6.42 Å². The highest BCUT2D eigenvalue weighted by molar-refractivity contribution is 5.70. The van der Waals surface area contributed by atoms with E-state index in [0.717, 1.165) is 12.8 Å². The minimum Gasteiger partial charge on any atom is -0.444 e. The quantitative estimate of drug-likeness (QED) is 0.573. The smallest absolute Gasteiger partial charge is 0.411 e. The van der Waals surface area contributed by atoms with Crippen LogP contribution in [0.25, 0.3) is 0 Å². The molecule has 3 heteroatoms. The van der Waals surface area contributed by atoms with Crippen LogP contribution in [0.4, 0.5) is 4.79 Å². The van der Waals surface area contributed by atoms with Gasteiger partial charge in [0.05, 0.1) is 6.04 Å². The highest BCUT2D eigenvalue weighted by Crippen LogP contribution is 2.25. The molecule has 15 heavy (non-hydrogen) atoms. The lowest BCUT2D eigenvalue weighted by atomic mass is 10.2. The molecule has 0 aromatic carbocycles. The van der Waals surface area contributed by atoms with Gasteiger partial charge in [0.1, 0.15) is 5.60 Å². The molecule has 1 aliphatic heterocycles. The van der Waals surface area contributed by atoms with E-state index >= 15 is 0 Å². The zero-order valence-electron chi connectivity index (χ0n) is 9.91. The van der Waals surface area contributed by atoms with Crippen molar-refractivity contribution in [1.82, 2.24) is 4.90 Å². The summed E-state index contributed by atoms with van der Waals surface area (Å²) in [5, 5.41) is 0. The van der Waals surface area contributed by atoms with Crippen LogP contribution in [0.1, 0.15) is 40.5 Å². The average molecular weight is 209 g/mol.